The Morgan fingerprint density at radius 3 is 1.51 bits per heavy atom. The molecule has 0 amide bonds. The van der Waals surface area contributed by atoms with Gasteiger partial charge in [-0.2, -0.15) is 0 Å². The highest BCUT2D eigenvalue weighted by atomic mass is 79.9. The van der Waals surface area contributed by atoms with Crippen LogP contribution in [0.15, 0.2) is 91.7 Å². The Labute approximate surface area is 284 Å². The van der Waals surface area contributed by atoms with E-state index in [0.717, 1.165) is 67.3 Å². The maximum Gasteiger partial charge on any atom is 0.169 e. The highest BCUT2D eigenvalue weighted by molar-refractivity contribution is 9.10. The fourth-order valence-electron chi connectivity index (χ4n) is 3.83. The third-order valence-corrected chi connectivity index (χ3v) is 8.18. The van der Waals surface area contributed by atoms with Crippen molar-refractivity contribution < 1.29 is 14.2 Å². The Balaban J connectivity index is 0.000000246. The van der Waals surface area contributed by atoms with Gasteiger partial charge < -0.3 is 24.0 Å². The van der Waals surface area contributed by atoms with Gasteiger partial charge in [-0.3, -0.25) is 0 Å². The standard InChI is InChI=1S/C18H21BrN2O2.C18H21BrN2O/c1-5-21(3)12-20-15-11-17(22-4)18(10-13(15)2)23-16-9-7-6-8-14(16)19;1-5-21(4)12-20-16-10-14(3)18(11-13(16)2)22-17-9-7-6-8-15(17)19/h6-12H,5H2,1-4H3;6-12H,5H2,1-4H3. The van der Waals surface area contributed by atoms with Gasteiger partial charge in [-0.25, -0.2) is 9.98 Å². The summed E-state index contributed by atoms with van der Waals surface area (Å²) in [5.41, 5.74) is 5.01. The molecule has 0 spiro atoms. The number of hydrogen-bond acceptors (Lipinski definition) is 5. The number of aryl methyl sites for hydroxylation is 3. The summed E-state index contributed by atoms with van der Waals surface area (Å²) in [6.07, 6.45) is 3.67. The van der Waals surface area contributed by atoms with Crippen LogP contribution in [0.25, 0.3) is 0 Å². The number of methoxy groups -OCH3 is 1. The van der Waals surface area contributed by atoms with E-state index in [1.807, 2.05) is 124 Å². The van der Waals surface area contributed by atoms with Crippen molar-refractivity contribution in [3.05, 3.63) is 98.4 Å². The zero-order valence-electron chi connectivity index (χ0n) is 27.3. The number of halogens is 2. The van der Waals surface area contributed by atoms with Crippen molar-refractivity contribution in [2.45, 2.75) is 34.6 Å². The number of benzene rings is 4. The third-order valence-electron chi connectivity index (χ3n) is 6.87. The van der Waals surface area contributed by atoms with Gasteiger partial charge in [0.2, 0.25) is 0 Å². The summed E-state index contributed by atoms with van der Waals surface area (Å²) >= 11 is 6.99. The van der Waals surface area contributed by atoms with Crippen molar-refractivity contribution in [2.75, 3.05) is 34.3 Å². The topological polar surface area (TPSA) is 58.9 Å². The monoisotopic (exact) mass is 736 g/mol. The number of hydrogen-bond donors (Lipinski definition) is 0. The van der Waals surface area contributed by atoms with Crippen LogP contribution in [0.1, 0.15) is 30.5 Å². The average Bonchev–Trinajstić information content (AvgIpc) is 3.03. The van der Waals surface area contributed by atoms with E-state index in [1.54, 1.807) is 7.11 Å². The molecule has 0 bridgehead atoms. The summed E-state index contributed by atoms with van der Waals surface area (Å²) in [4.78, 5) is 13.1. The molecule has 0 N–H and O–H groups in total. The van der Waals surface area contributed by atoms with Gasteiger partial charge in [0.1, 0.15) is 17.2 Å². The molecule has 4 rings (SSSR count). The first-order chi connectivity index (χ1) is 21.6. The molecule has 45 heavy (non-hydrogen) atoms. The molecule has 238 valence electrons. The third kappa shape index (κ3) is 10.6. The van der Waals surface area contributed by atoms with Crippen LogP contribution in [-0.4, -0.2) is 56.8 Å². The van der Waals surface area contributed by atoms with Crippen LogP contribution in [0.4, 0.5) is 11.4 Å². The van der Waals surface area contributed by atoms with E-state index < -0.39 is 0 Å². The summed E-state index contributed by atoms with van der Waals surface area (Å²) in [5.74, 6) is 3.73. The zero-order valence-corrected chi connectivity index (χ0v) is 30.4. The van der Waals surface area contributed by atoms with Gasteiger partial charge in [0, 0.05) is 33.3 Å². The molecule has 0 aliphatic heterocycles. The number of rotatable bonds is 11. The molecule has 0 radical (unpaired) electrons. The van der Waals surface area contributed by atoms with E-state index in [4.69, 9.17) is 14.2 Å². The second-order valence-corrected chi connectivity index (χ2v) is 12.1. The largest absolute Gasteiger partial charge is 0.493 e. The van der Waals surface area contributed by atoms with E-state index in [9.17, 15) is 0 Å². The lowest BCUT2D eigenvalue weighted by atomic mass is 10.1. The molecule has 7 nitrogen and oxygen atoms in total. The average molecular weight is 739 g/mol. The Hall–Kier alpha value is -3.82. The van der Waals surface area contributed by atoms with E-state index in [0.29, 0.717) is 11.5 Å². The Morgan fingerprint density at radius 2 is 1.04 bits per heavy atom. The van der Waals surface area contributed by atoms with Gasteiger partial charge in [0.05, 0.1) is 40.1 Å². The van der Waals surface area contributed by atoms with Crippen molar-refractivity contribution in [3.63, 3.8) is 0 Å². The minimum atomic E-state index is 0.651. The molecule has 0 saturated heterocycles. The first-order valence-corrected chi connectivity index (χ1v) is 16.3. The fraction of sp³-hybridized carbons (Fsp3) is 0.278. The Kier molecular flexibility index (Phi) is 14.0. The predicted molar refractivity (Wildman–Crippen MR) is 195 cm³/mol. The van der Waals surface area contributed by atoms with E-state index in [2.05, 4.69) is 61.8 Å². The number of ether oxygens (including phenoxy) is 3. The molecule has 0 unspecified atom stereocenters. The summed E-state index contributed by atoms with van der Waals surface area (Å²) in [6, 6.07) is 23.5. The molecule has 9 heteroatoms. The van der Waals surface area contributed by atoms with Crippen LogP contribution in [0, 0.1) is 20.8 Å². The molecule has 4 aromatic carbocycles. The molecular formula is C36H42Br2N4O3. The van der Waals surface area contributed by atoms with Gasteiger partial charge in [-0.1, -0.05) is 24.3 Å². The summed E-state index contributed by atoms with van der Waals surface area (Å²) in [6.45, 7) is 12.1. The molecule has 0 heterocycles. The van der Waals surface area contributed by atoms with Crippen molar-refractivity contribution in [1.82, 2.24) is 9.80 Å². The minimum absolute atomic E-state index is 0.651. The minimum Gasteiger partial charge on any atom is -0.493 e. The maximum atomic E-state index is 6.01. The molecule has 0 aliphatic carbocycles. The van der Waals surface area contributed by atoms with Crippen LogP contribution in [0.3, 0.4) is 0 Å². The van der Waals surface area contributed by atoms with Crippen molar-refractivity contribution >= 4 is 55.9 Å². The van der Waals surface area contributed by atoms with Crippen molar-refractivity contribution in [1.29, 1.82) is 0 Å². The lowest BCUT2D eigenvalue weighted by Gasteiger charge is -2.14. The van der Waals surface area contributed by atoms with Crippen LogP contribution in [0.5, 0.6) is 28.7 Å². The maximum absolute atomic E-state index is 6.01. The molecule has 0 aliphatic rings. The van der Waals surface area contributed by atoms with Crippen molar-refractivity contribution in [3.8, 4) is 28.7 Å². The first kappa shape index (κ1) is 35.7. The Bertz CT molecular complexity index is 1620. The lowest BCUT2D eigenvalue weighted by Crippen LogP contribution is -2.14. The van der Waals surface area contributed by atoms with Gasteiger partial charge in [0.15, 0.2) is 11.5 Å². The number of nitrogens with zero attached hydrogens (tertiary/aromatic N) is 4. The van der Waals surface area contributed by atoms with E-state index >= 15 is 0 Å². The second-order valence-electron chi connectivity index (χ2n) is 10.4. The summed E-state index contributed by atoms with van der Waals surface area (Å²) < 4.78 is 19.3. The molecule has 0 saturated carbocycles. The molecule has 0 aromatic heterocycles. The number of aliphatic imine (C=N–C) groups is 2. The van der Waals surface area contributed by atoms with Crippen LogP contribution >= 0.6 is 31.9 Å². The second kappa shape index (κ2) is 17.6. The molecule has 0 fully saturated rings. The summed E-state index contributed by atoms with van der Waals surface area (Å²) in [7, 11) is 5.62. The van der Waals surface area contributed by atoms with Crippen LogP contribution < -0.4 is 14.2 Å². The van der Waals surface area contributed by atoms with E-state index in [-0.39, 0.29) is 0 Å². The highest BCUT2D eigenvalue weighted by Gasteiger charge is 2.12. The fourth-order valence-corrected chi connectivity index (χ4v) is 4.56. The quantitative estimate of drug-likeness (QED) is 0.113. The van der Waals surface area contributed by atoms with Crippen molar-refractivity contribution in [2.24, 2.45) is 9.98 Å². The molecule has 4 aromatic rings. The van der Waals surface area contributed by atoms with E-state index in [1.165, 1.54) is 0 Å². The van der Waals surface area contributed by atoms with Gasteiger partial charge in [-0.15, -0.1) is 0 Å². The SMILES string of the molecule is CCN(C)C=Nc1cc(C)c(Oc2ccccc2Br)cc1C.CCN(C)C=Nc1cc(OC)c(Oc2ccccc2Br)cc1C. The van der Waals surface area contributed by atoms with Gasteiger partial charge >= 0.3 is 0 Å². The number of para-hydroxylation sites is 2. The van der Waals surface area contributed by atoms with Crippen LogP contribution in [0.2, 0.25) is 0 Å². The zero-order chi connectivity index (χ0) is 32.9. The molecular weight excluding hydrogens is 696 g/mol. The summed E-state index contributed by atoms with van der Waals surface area (Å²) in [5, 5.41) is 0. The molecule has 0 atom stereocenters. The smallest absolute Gasteiger partial charge is 0.169 e. The van der Waals surface area contributed by atoms with Gasteiger partial charge in [-0.05, 0) is 126 Å². The van der Waals surface area contributed by atoms with Gasteiger partial charge in [0.25, 0.3) is 0 Å². The lowest BCUT2D eigenvalue weighted by molar-refractivity contribution is 0.378. The normalized spacial score (nSPS) is 10.9. The highest BCUT2D eigenvalue weighted by Crippen LogP contribution is 2.39. The Morgan fingerprint density at radius 1 is 0.600 bits per heavy atom. The van der Waals surface area contributed by atoms with Crippen LogP contribution in [-0.2, 0) is 0 Å². The predicted octanol–water partition coefficient (Wildman–Crippen LogP) is 10.6. The first-order valence-electron chi connectivity index (χ1n) is 14.7.